The van der Waals surface area contributed by atoms with Gasteiger partial charge >= 0.3 is 0 Å². The summed E-state index contributed by atoms with van der Waals surface area (Å²) in [5.41, 5.74) is 7.01. The predicted molar refractivity (Wildman–Crippen MR) is 83.1 cm³/mol. The van der Waals surface area contributed by atoms with E-state index in [9.17, 15) is 4.79 Å². The van der Waals surface area contributed by atoms with Crippen LogP contribution in [0.4, 0.5) is 11.4 Å². The number of rotatable bonds is 4. The van der Waals surface area contributed by atoms with E-state index < -0.39 is 6.10 Å². The maximum Gasteiger partial charge on any atom is 0.253 e. The average Bonchev–Trinajstić information content (AvgIpc) is 2.40. The van der Waals surface area contributed by atoms with Crippen molar-refractivity contribution in [1.82, 2.24) is 0 Å². The Labute approximate surface area is 125 Å². The molecular weight excluding hydrogens is 268 g/mol. The topological polar surface area (TPSA) is 73.6 Å². The van der Waals surface area contributed by atoms with E-state index in [0.29, 0.717) is 5.69 Å². The summed E-state index contributed by atoms with van der Waals surface area (Å²) in [6.07, 6.45) is 1.56. The molecule has 1 aliphatic heterocycles. The molecule has 0 saturated carbocycles. The number of nitrogens with one attached hydrogen (secondary N) is 1. The zero-order valence-corrected chi connectivity index (χ0v) is 12.8. The Morgan fingerprint density at radius 1 is 1.29 bits per heavy atom. The van der Waals surface area contributed by atoms with E-state index in [1.165, 1.54) is 0 Å². The number of nitrogen functional groups attached to an aromatic ring is 1. The van der Waals surface area contributed by atoms with Crippen LogP contribution in [0.25, 0.3) is 0 Å². The number of amides is 1. The summed E-state index contributed by atoms with van der Waals surface area (Å²) in [6.45, 7) is 5.84. The van der Waals surface area contributed by atoms with Gasteiger partial charge in [-0.3, -0.25) is 4.79 Å². The van der Waals surface area contributed by atoms with E-state index in [1.807, 2.05) is 13.8 Å². The number of carbonyl (C=O) groups is 1. The van der Waals surface area contributed by atoms with Gasteiger partial charge in [-0.05, 0) is 57.9 Å². The van der Waals surface area contributed by atoms with Gasteiger partial charge in [0.25, 0.3) is 5.91 Å². The van der Waals surface area contributed by atoms with Gasteiger partial charge in [-0.25, -0.2) is 0 Å². The van der Waals surface area contributed by atoms with Crippen LogP contribution in [0.5, 0.6) is 0 Å². The standard InChI is InChI=1S/C16H24N2O3/c1-10-8-15(9-11(2)20-10)21-12(3)16(19)18-14-6-4-13(17)5-7-14/h4-7,10-12,15H,8-9,17H2,1-3H3,(H,18,19). The third-order valence-corrected chi connectivity index (χ3v) is 3.60. The first kappa shape index (κ1) is 15.8. The number of benzene rings is 1. The number of hydrogen-bond acceptors (Lipinski definition) is 4. The molecule has 5 nitrogen and oxygen atoms in total. The first-order valence-corrected chi connectivity index (χ1v) is 7.41. The molecule has 0 spiro atoms. The van der Waals surface area contributed by atoms with Crippen molar-refractivity contribution in [2.45, 2.75) is 58.0 Å². The Hall–Kier alpha value is -1.59. The molecule has 0 aromatic heterocycles. The highest BCUT2D eigenvalue weighted by molar-refractivity contribution is 5.94. The first-order valence-electron chi connectivity index (χ1n) is 7.41. The molecule has 5 heteroatoms. The Morgan fingerprint density at radius 3 is 2.43 bits per heavy atom. The van der Waals surface area contributed by atoms with Crippen molar-refractivity contribution in [3.8, 4) is 0 Å². The largest absolute Gasteiger partial charge is 0.399 e. The molecule has 3 atom stereocenters. The molecular formula is C16H24N2O3. The van der Waals surface area contributed by atoms with Crippen LogP contribution in [-0.2, 0) is 14.3 Å². The predicted octanol–water partition coefficient (Wildman–Crippen LogP) is 2.57. The molecule has 1 aromatic rings. The van der Waals surface area contributed by atoms with Crippen LogP contribution in [0, 0.1) is 0 Å². The minimum Gasteiger partial charge on any atom is -0.399 e. The molecule has 1 aliphatic rings. The maximum absolute atomic E-state index is 12.1. The minimum atomic E-state index is -0.495. The van der Waals surface area contributed by atoms with Gasteiger partial charge in [0.1, 0.15) is 6.10 Å². The van der Waals surface area contributed by atoms with Crippen molar-refractivity contribution in [3.63, 3.8) is 0 Å². The van der Waals surface area contributed by atoms with E-state index in [0.717, 1.165) is 18.5 Å². The molecule has 1 fully saturated rings. The summed E-state index contributed by atoms with van der Waals surface area (Å²) in [6, 6.07) is 7.06. The third kappa shape index (κ3) is 4.72. The van der Waals surface area contributed by atoms with Crippen molar-refractivity contribution in [2.75, 3.05) is 11.1 Å². The summed E-state index contributed by atoms with van der Waals surface area (Å²) in [7, 11) is 0. The second-order valence-electron chi connectivity index (χ2n) is 5.74. The summed E-state index contributed by atoms with van der Waals surface area (Å²) in [5.74, 6) is -0.147. The van der Waals surface area contributed by atoms with Gasteiger partial charge in [0.2, 0.25) is 0 Å². The lowest BCUT2D eigenvalue weighted by molar-refractivity contribution is -0.143. The Kier molecular flexibility index (Phi) is 5.20. The van der Waals surface area contributed by atoms with Crippen LogP contribution in [0.1, 0.15) is 33.6 Å². The summed E-state index contributed by atoms with van der Waals surface area (Å²) in [4.78, 5) is 12.1. The molecule has 116 valence electrons. The van der Waals surface area contributed by atoms with Gasteiger partial charge in [0.15, 0.2) is 0 Å². The van der Waals surface area contributed by atoms with Crippen LogP contribution in [0.15, 0.2) is 24.3 Å². The Balaban J connectivity index is 1.86. The normalized spacial score (nSPS) is 27.1. The van der Waals surface area contributed by atoms with E-state index in [2.05, 4.69) is 5.32 Å². The molecule has 1 saturated heterocycles. The molecule has 0 radical (unpaired) electrons. The third-order valence-electron chi connectivity index (χ3n) is 3.60. The van der Waals surface area contributed by atoms with Crippen molar-refractivity contribution >= 4 is 17.3 Å². The van der Waals surface area contributed by atoms with E-state index in [1.54, 1.807) is 31.2 Å². The average molecular weight is 292 g/mol. The maximum atomic E-state index is 12.1. The highest BCUT2D eigenvalue weighted by atomic mass is 16.5. The highest BCUT2D eigenvalue weighted by Crippen LogP contribution is 2.23. The number of anilines is 2. The second-order valence-corrected chi connectivity index (χ2v) is 5.74. The molecule has 21 heavy (non-hydrogen) atoms. The second kappa shape index (κ2) is 6.91. The Bertz CT molecular complexity index is 465. The number of hydrogen-bond donors (Lipinski definition) is 2. The van der Waals surface area contributed by atoms with Gasteiger partial charge in [0.05, 0.1) is 18.3 Å². The van der Waals surface area contributed by atoms with E-state index >= 15 is 0 Å². The fraction of sp³-hybridized carbons (Fsp3) is 0.562. The number of ether oxygens (including phenoxy) is 2. The fourth-order valence-corrected chi connectivity index (χ4v) is 2.62. The lowest BCUT2D eigenvalue weighted by atomic mass is 10.0. The minimum absolute atomic E-state index is 0.0657. The van der Waals surface area contributed by atoms with Crippen molar-refractivity contribution in [2.24, 2.45) is 0 Å². The van der Waals surface area contributed by atoms with Gasteiger partial charge < -0.3 is 20.5 Å². The van der Waals surface area contributed by atoms with Crippen molar-refractivity contribution in [3.05, 3.63) is 24.3 Å². The molecule has 0 aliphatic carbocycles. The van der Waals surface area contributed by atoms with Crippen LogP contribution in [-0.4, -0.2) is 30.3 Å². The van der Waals surface area contributed by atoms with Crippen LogP contribution >= 0.6 is 0 Å². The molecule has 1 heterocycles. The summed E-state index contributed by atoms with van der Waals surface area (Å²) < 4.78 is 11.5. The summed E-state index contributed by atoms with van der Waals surface area (Å²) >= 11 is 0. The SMILES string of the molecule is CC1CC(OC(C)C(=O)Nc2ccc(N)cc2)CC(C)O1. The zero-order chi connectivity index (χ0) is 15.4. The number of carbonyl (C=O) groups excluding carboxylic acids is 1. The van der Waals surface area contributed by atoms with Crippen LogP contribution < -0.4 is 11.1 Å². The molecule has 1 amide bonds. The smallest absolute Gasteiger partial charge is 0.253 e. The van der Waals surface area contributed by atoms with Crippen molar-refractivity contribution in [1.29, 1.82) is 0 Å². The molecule has 0 bridgehead atoms. The van der Waals surface area contributed by atoms with Crippen LogP contribution in [0.3, 0.4) is 0 Å². The number of nitrogens with two attached hydrogens (primary N) is 1. The van der Waals surface area contributed by atoms with Gasteiger partial charge in [-0.1, -0.05) is 0 Å². The fourth-order valence-electron chi connectivity index (χ4n) is 2.62. The lowest BCUT2D eigenvalue weighted by Crippen LogP contribution is -2.38. The van der Waals surface area contributed by atoms with E-state index in [-0.39, 0.29) is 24.2 Å². The quantitative estimate of drug-likeness (QED) is 0.836. The summed E-state index contributed by atoms with van der Waals surface area (Å²) in [5, 5.41) is 2.83. The first-order chi connectivity index (χ1) is 9.94. The van der Waals surface area contributed by atoms with Gasteiger partial charge in [-0.15, -0.1) is 0 Å². The van der Waals surface area contributed by atoms with Crippen LogP contribution in [0.2, 0.25) is 0 Å². The molecule has 1 aromatic carbocycles. The van der Waals surface area contributed by atoms with E-state index in [4.69, 9.17) is 15.2 Å². The lowest BCUT2D eigenvalue weighted by Gasteiger charge is -2.33. The monoisotopic (exact) mass is 292 g/mol. The van der Waals surface area contributed by atoms with Gasteiger partial charge in [-0.2, -0.15) is 0 Å². The Morgan fingerprint density at radius 2 is 1.86 bits per heavy atom. The zero-order valence-electron chi connectivity index (χ0n) is 12.8. The molecule has 3 N–H and O–H groups in total. The van der Waals surface area contributed by atoms with Crippen molar-refractivity contribution < 1.29 is 14.3 Å². The highest BCUT2D eigenvalue weighted by Gasteiger charge is 2.28. The molecule has 3 unspecified atom stereocenters. The molecule has 2 rings (SSSR count). The van der Waals surface area contributed by atoms with Gasteiger partial charge in [0, 0.05) is 11.4 Å².